The van der Waals surface area contributed by atoms with Crippen LogP contribution in [0.2, 0.25) is 0 Å². The summed E-state index contributed by atoms with van der Waals surface area (Å²) < 4.78 is 2.97. The molecule has 2 amide bonds. The molecule has 2 aromatic carbocycles. The molecule has 4 rings (SSSR count). The van der Waals surface area contributed by atoms with Crippen LogP contribution in [-0.2, 0) is 11.2 Å². The molecule has 0 fully saturated rings. The Morgan fingerprint density at radius 1 is 1.03 bits per heavy atom. The van der Waals surface area contributed by atoms with Gasteiger partial charge in [-0.15, -0.1) is 5.10 Å². The first-order valence-corrected chi connectivity index (χ1v) is 9.13. The van der Waals surface area contributed by atoms with Crippen molar-refractivity contribution in [2.75, 3.05) is 5.32 Å². The molecule has 0 bridgehead atoms. The van der Waals surface area contributed by atoms with Crippen LogP contribution in [0, 0.1) is 0 Å². The summed E-state index contributed by atoms with van der Waals surface area (Å²) in [5, 5.41) is 18.2. The second-order valence-electron chi connectivity index (χ2n) is 6.54. The number of rotatable bonds is 7. The summed E-state index contributed by atoms with van der Waals surface area (Å²) in [5.41, 5.74) is 7.73. The van der Waals surface area contributed by atoms with Gasteiger partial charge in [-0.1, -0.05) is 30.3 Å². The van der Waals surface area contributed by atoms with E-state index in [1.807, 2.05) is 30.3 Å². The summed E-state index contributed by atoms with van der Waals surface area (Å²) in [6, 6.07) is 17.6. The average molecular weight is 402 g/mol. The molecule has 3 N–H and O–H groups in total. The minimum Gasteiger partial charge on any atom is -0.364 e. The minimum absolute atomic E-state index is 0.178. The van der Waals surface area contributed by atoms with Crippen molar-refractivity contribution in [1.82, 2.24) is 30.0 Å². The predicted octanol–water partition coefficient (Wildman–Crippen LogP) is 1.38. The van der Waals surface area contributed by atoms with Crippen LogP contribution in [0.25, 0.3) is 5.69 Å². The third-order valence-electron chi connectivity index (χ3n) is 4.50. The van der Waals surface area contributed by atoms with E-state index in [0.717, 1.165) is 11.3 Å². The van der Waals surface area contributed by atoms with Gasteiger partial charge in [0.15, 0.2) is 0 Å². The Morgan fingerprint density at radius 2 is 1.80 bits per heavy atom. The maximum Gasteiger partial charge on any atom is 0.269 e. The van der Waals surface area contributed by atoms with Gasteiger partial charge in [-0.3, -0.25) is 9.59 Å². The quantitative estimate of drug-likeness (QED) is 0.480. The Hall–Kier alpha value is -4.34. The van der Waals surface area contributed by atoms with E-state index in [1.165, 1.54) is 15.7 Å². The topological polar surface area (TPSA) is 134 Å². The van der Waals surface area contributed by atoms with E-state index < -0.39 is 11.9 Å². The van der Waals surface area contributed by atoms with Crippen LogP contribution < -0.4 is 11.1 Å². The van der Waals surface area contributed by atoms with E-state index in [9.17, 15) is 9.59 Å². The van der Waals surface area contributed by atoms with Crippen molar-refractivity contribution in [1.29, 1.82) is 0 Å². The first kappa shape index (κ1) is 19.0. The van der Waals surface area contributed by atoms with Gasteiger partial charge in [-0.05, 0) is 46.3 Å². The maximum atomic E-state index is 13.0. The van der Waals surface area contributed by atoms with Crippen molar-refractivity contribution in [2.24, 2.45) is 5.73 Å². The number of benzene rings is 2. The van der Waals surface area contributed by atoms with E-state index in [0.29, 0.717) is 12.1 Å². The fourth-order valence-corrected chi connectivity index (χ4v) is 2.98. The zero-order valence-corrected chi connectivity index (χ0v) is 15.8. The van der Waals surface area contributed by atoms with E-state index in [2.05, 4.69) is 25.9 Å². The molecule has 1 unspecified atom stereocenters. The molecule has 1 atom stereocenters. The van der Waals surface area contributed by atoms with E-state index in [1.54, 1.807) is 36.5 Å². The number of hydrogen-bond acceptors (Lipinski definition) is 6. The zero-order valence-electron chi connectivity index (χ0n) is 15.8. The van der Waals surface area contributed by atoms with Crippen LogP contribution in [0.5, 0.6) is 0 Å². The van der Waals surface area contributed by atoms with Crippen LogP contribution >= 0.6 is 0 Å². The summed E-state index contributed by atoms with van der Waals surface area (Å²) in [4.78, 5) is 24.1. The highest BCUT2D eigenvalue weighted by Crippen LogP contribution is 2.18. The van der Waals surface area contributed by atoms with Crippen molar-refractivity contribution >= 4 is 17.5 Å². The molecular weight excluding hydrogens is 384 g/mol. The van der Waals surface area contributed by atoms with Gasteiger partial charge < -0.3 is 11.1 Å². The lowest BCUT2D eigenvalue weighted by atomic mass is 10.1. The largest absolute Gasteiger partial charge is 0.364 e. The van der Waals surface area contributed by atoms with Gasteiger partial charge in [-0.2, -0.15) is 5.10 Å². The molecule has 0 spiro atoms. The standard InChI is InChI=1S/C20H18N8O2/c21-19(29)17-10-11-27(24-17)16-8-6-15(7-9-16)23-20(30)18(28-13-22-25-26-28)12-14-4-2-1-3-5-14/h1-11,13,18H,12H2,(H2,21,29)(H,23,30). The van der Waals surface area contributed by atoms with Gasteiger partial charge in [0.05, 0.1) is 5.69 Å². The molecule has 0 saturated carbocycles. The number of hydrogen-bond donors (Lipinski definition) is 2. The Balaban J connectivity index is 1.50. The Kier molecular flexibility index (Phi) is 5.29. The Morgan fingerprint density at radius 3 is 2.43 bits per heavy atom. The lowest BCUT2D eigenvalue weighted by molar-refractivity contribution is -0.119. The second kappa shape index (κ2) is 8.35. The molecule has 0 saturated heterocycles. The fourth-order valence-electron chi connectivity index (χ4n) is 2.98. The van der Waals surface area contributed by atoms with Gasteiger partial charge in [-0.25, -0.2) is 9.36 Å². The average Bonchev–Trinajstić information content (AvgIpc) is 3.46. The number of amides is 2. The molecule has 2 aromatic heterocycles. The lowest BCUT2D eigenvalue weighted by Crippen LogP contribution is -2.28. The third-order valence-corrected chi connectivity index (χ3v) is 4.50. The Bertz CT molecular complexity index is 1140. The minimum atomic E-state index is -0.605. The summed E-state index contributed by atoms with van der Waals surface area (Å²) in [5.74, 6) is -0.835. The first-order chi connectivity index (χ1) is 14.6. The molecule has 4 aromatic rings. The molecule has 30 heavy (non-hydrogen) atoms. The molecule has 0 aliphatic rings. The van der Waals surface area contributed by atoms with Gasteiger partial charge in [0, 0.05) is 18.3 Å². The van der Waals surface area contributed by atoms with Crippen LogP contribution in [0.4, 0.5) is 5.69 Å². The van der Waals surface area contributed by atoms with Crippen LogP contribution in [0.1, 0.15) is 22.1 Å². The van der Waals surface area contributed by atoms with Crippen LogP contribution in [0.3, 0.4) is 0 Å². The molecule has 0 radical (unpaired) electrons. The zero-order chi connectivity index (χ0) is 20.9. The van der Waals surface area contributed by atoms with Crippen molar-refractivity contribution in [2.45, 2.75) is 12.5 Å². The van der Waals surface area contributed by atoms with Crippen LogP contribution in [-0.4, -0.2) is 41.8 Å². The highest BCUT2D eigenvalue weighted by Gasteiger charge is 2.22. The second-order valence-corrected chi connectivity index (χ2v) is 6.54. The normalized spacial score (nSPS) is 11.7. The fraction of sp³-hybridized carbons (Fsp3) is 0.100. The molecule has 150 valence electrons. The summed E-state index contributed by atoms with van der Waals surface area (Å²) in [6.45, 7) is 0. The van der Waals surface area contributed by atoms with Gasteiger partial charge >= 0.3 is 0 Å². The van der Waals surface area contributed by atoms with E-state index in [-0.39, 0.29) is 11.6 Å². The van der Waals surface area contributed by atoms with Crippen molar-refractivity contribution in [3.63, 3.8) is 0 Å². The molecular formula is C20H18N8O2. The number of anilines is 1. The monoisotopic (exact) mass is 402 g/mol. The van der Waals surface area contributed by atoms with Crippen molar-refractivity contribution in [3.05, 3.63) is 84.4 Å². The smallest absolute Gasteiger partial charge is 0.269 e. The number of tetrazole rings is 1. The number of nitrogens with zero attached hydrogens (tertiary/aromatic N) is 6. The Labute approximate surface area is 171 Å². The number of nitrogens with two attached hydrogens (primary N) is 1. The number of carbonyl (C=O) groups is 2. The number of primary amides is 1. The van der Waals surface area contributed by atoms with Gasteiger partial charge in [0.25, 0.3) is 5.91 Å². The number of carbonyl (C=O) groups excluding carboxylic acids is 2. The summed E-state index contributed by atoms with van der Waals surface area (Å²) >= 11 is 0. The summed E-state index contributed by atoms with van der Waals surface area (Å²) in [7, 11) is 0. The number of aromatic nitrogens is 6. The van der Waals surface area contributed by atoms with Crippen LogP contribution in [0.15, 0.2) is 73.2 Å². The third kappa shape index (κ3) is 4.22. The molecule has 10 heteroatoms. The lowest BCUT2D eigenvalue weighted by Gasteiger charge is -2.16. The number of nitrogens with one attached hydrogen (secondary N) is 1. The molecule has 2 heterocycles. The molecule has 0 aliphatic carbocycles. The van der Waals surface area contributed by atoms with Gasteiger partial charge in [0.1, 0.15) is 18.1 Å². The maximum absolute atomic E-state index is 13.0. The summed E-state index contributed by atoms with van der Waals surface area (Å²) in [6.07, 6.45) is 3.50. The van der Waals surface area contributed by atoms with Crippen molar-refractivity contribution < 1.29 is 9.59 Å². The van der Waals surface area contributed by atoms with E-state index >= 15 is 0 Å². The van der Waals surface area contributed by atoms with E-state index in [4.69, 9.17) is 5.73 Å². The molecule has 10 nitrogen and oxygen atoms in total. The first-order valence-electron chi connectivity index (χ1n) is 9.13. The van der Waals surface area contributed by atoms with Crippen molar-refractivity contribution in [3.8, 4) is 5.69 Å². The highest BCUT2D eigenvalue weighted by atomic mass is 16.2. The SMILES string of the molecule is NC(=O)c1ccn(-c2ccc(NC(=O)C(Cc3ccccc3)n3cnnn3)cc2)n1. The highest BCUT2D eigenvalue weighted by molar-refractivity contribution is 5.94. The van der Waals surface area contributed by atoms with Gasteiger partial charge in [0.2, 0.25) is 5.91 Å². The molecule has 0 aliphatic heterocycles. The predicted molar refractivity (Wildman–Crippen MR) is 108 cm³/mol.